The van der Waals surface area contributed by atoms with Crippen LogP contribution < -0.4 is 4.74 Å². The van der Waals surface area contributed by atoms with Crippen LogP contribution in [0.5, 0.6) is 5.88 Å². The standard InChI is InChI=1S/C18H17F3N2O3/c19-18(20,21)12-26-16-7-6-14(10-22-16)17(24)23-8-9-25-15(11-23)13-4-2-1-3-5-13/h1-7,10,15H,8-9,11-12H2. The highest BCUT2D eigenvalue weighted by Crippen LogP contribution is 2.23. The van der Waals surface area contributed by atoms with E-state index < -0.39 is 12.8 Å². The smallest absolute Gasteiger partial charge is 0.422 e. The zero-order valence-electron chi connectivity index (χ0n) is 13.8. The van der Waals surface area contributed by atoms with Crippen LogP contribution in [-0.4, -0.2) is 48.3 Å². The molecule has 1 atom stereocenters. The van der Waals surface area contributed by atoms with Gasteiger partial charge in [-0.3, -0.25) is 4.79 Å². The van der Waals surface area contributed by atoms with Gasteiger partial charge in [0.25, 0.3) is 5.91 Å². The van der Waals surface area contributed by atoms with Gasteiger partial charge in [0.1, 0.15) is 6.10 Å². The summed E-state index contributed by atoms with van der Waals surface area (Å²) in [6, 6.07) is 12.3. The Labute approximate surface area is 148 Å². The maximum Gasteiger partial charge on any atom is 0.422 e. The van der Waals surface area contributed by atoms with Gasteiger partial charge in [-0.25, -0.2) is 4.98 Å². The Morgan fingerprint density at radius 2 is 2.00 bits per heavy atom. The van der Waals surface area contributed by atoms with Crippen LogP contribution in [0.15, 0.2) is 48.7 Å². The molecule has 1 amide bonds. The number of halogens is 3. The maximum atomic E-state index is 12.6. The molecule has 5 nitrogen and oxygen atoms in total. The minimum atomic E-state index is -4.43. The number of ether oxygens (including phenoxy) is 2. The molecule has 0 aliphatic carbocycles. The van der Waals surface area contributed by atoms with E-state index in [9.17, 15) is 18.0 Å². The van der Waals surface area contributed by atoms with Crippen molar-refractivity contribution in [2.75, 3.05) is 26.3 Å². The van der Waals surface area contributed by atoms with E-state index in [0.717, 1.165) is 5.56 Å². The number of hydrogen-bond acceptors (Lipinski definition) is 4. The highest BCUT2D eigenvalue weighted by molar-refractivity contribution is 5.94. The topological polar surface area (TPSA) is 51.7 Å². The molecule has 1 aliphatic rings. The van der Waals surface area contributed by atoms with Crippen LogP contribution in [0.3, 0.4) is 0 Å². The zero-order chi connectivity index (χ0) is 18.6. The van der Waals surface area contributed by atoms with Gasteiger partial charge in [0.2, 0.25) is 5.88 Å². The van der Waals surface area contributed by atoms with E-state index in [1.165, 1.54) is 18.3 Å². The third-order valence-electron chi connectivity index (χ3n) is 3.89. The minimum Gasteiger partial charge on any atom is -0.468 e. The number of alkyl halides is 3. The summed E-state index contributed by atoms with van der Waals surface area (Å²) in [6.45, 7) is -0.176. The van der Waals surface area contributed by atoms with Crippen molar-refractivity contribution in [2.24, 2.45) is 0 Å². The predicted octanol–water partition coefficient (Wildman–Crippen LogP) is 3.24. The quantitative estimate of drug-likeness (QED) is 0.834. The van der Waals surface area contributed by atoms with E-state index in [1.807, 2.05) is 30.3 Å². The summed E-state index contributed by atoms with van der Waals surface area (Å²) >= 11 is 0. The Hall–Kier alpha value is -2.61. The van der Waals surface area contributed by atoms with E-state index in [-0.39, 0.29) is 23.5 Å². The minimum absolute atomic E-state index is 0.178. The van der Waals surface area contributed by atoms with Crippen LogP contribution in [0.1, 0.15) is 22.0 Å². The summed E-state index contributed by atoms with van der Waals surface area (Å²) < 4.78 is 46.7. The van der Waals surface area contributed by atoms with Crippen LogP contribution in [0, 0.1) is 0 Å². The van der Waals surface area contributed by atoms with Crippen LogP contribution in [0.4, 0.5) is 13.2 Å². The molecule has 2 heterocycles. The fourth-order valence-corrected chi connectivity index (χ4v) is 2.63. The summed E-state index contributed by atoms with van der Waals surface area (Å²) in [5.41, 5.74) is 1.28. The van der Waals surface area contributed by atoms with Crippen molar-refractivity contribution in [2.45, 2.75) is 12.3 Å². The zero-order valence-corrected chi connectivity index (χ0v) is 13.8. The first-order valence-corrected chi connectivity index (χ1v) is 8.04. The van der Waals surface area contributed by atoms with Gasteiger partial charge in [0, 0.05) is 18.8 Å². The van der Waals surface area contributed by atoms with E-state index in [2.05, 4.69) is 9.72 Å². The van der Waals surface area contributed by atoms with E-state index in [0.29, 0.717) is 19.7 Å². The molecule has 1 aromatic heterocycles. The Morgan fingerprint density at radius 3 is 2.65 bits per heavy atom. The SMILES string of the molecule is O=C(c1ccc(OCC(F)(F)F)nc1)N1CCOC(c2ccccc2)C1. The van der Waals surface area contributed by atoms with Crippen LogP contribution in [0.2, 0.25) is 0 Å². The molecule has 1 fully saturated rings. The van der Waals surface area contributed by atoms with Gasteiger partial charge in [0.05, 0.1) is 18.7 Å². The summed E-state index contributed by atoms with van der Waals surface area (Å²) in [4.78, 5) is 18.0. The molecule has 1 saturated heterocycles. The second-order valence-corrected chi connectivity index (χ2v) is 5.81. The van der Waals surface area contributed by atoms with Crippen LogP contribution in [-0.2, 0) is 4.74 Å². The number of carbonyl (C=O) groups is 1. The average Bonchev–Trinajstić information content (AvgIpc) is 2.66. The number of aromatic nitrogens is 1. The highest BCUT2D eigenvalue weighted by atomic mass is 19.4. The maximum absolute atomic E-state index is 12.6. The van der Waals surface area contributed by atoms with Crippen LogP contribution >= 0.6 is 0 Å². The lowest BCUT2D eigenvalue weighted by Crippen LogP contribution is -2.42. The molecule has 3 rings (SSSR count). The summed E-state index contributed by atoms with van der Waals surface area (Å²) in [7, 11) is 0. The molecule has 2 aromatic rings. The van der Waals surface area contributed by atoms with Gasteiger partial charge < -0.3 is 14.4 Å². The fraction of sp³-hybridized carbons (Fsp3) is 0.333. The van der Waals surface area contributed by atoms with E-state index in [1.54, 1.807) is 4.90 Å². The molecule has 1 aromatic carbocycles. The van der Waals surface area contributed by atoms with E-state index >= 15 is 0 Å². The molecule has 0 spiro atoms. The molecule has 0 bridgehead atoms. The molecule has 0 saturated carbocycles. The number of morpholine rings is 1. The van der Waals surface area contributed by atoms with Gasteiger partial charge in [-0.05, 0) is 11.6 Å². The lowest BCUT2D eigenvalue weighted by molar-refractivity contribution is -0.154. The van der Waals surface area contributed by atoms with Crippen molar-refractivity contribution in [1.29, 1.82) is 0 Å². The number of amides is 1. The highest BCUT2D eigenvalue weighted by Gasteiger charge is 2.29. The largest absolute Gasteiger partial charge is 0.468 e. The third kappa shape index (κ3) is 4.72. The van der Waals surface area contributed by atoms with Gasteiger partial charge in [-0.2, -0.15) is 13.2 Å². The molecular formula is C18H17F3N2O3. The number of carbonyl (C=O) groups excluding carboxylic acids is 1. The average molecular weight is 366 g/mol. The van der Waals surface area contributed by atoms with E-state index in [4.69, 9.17) is 4.74 Å². The van der Waals surface area contributed by atoms with Crippen molar-refractivity contribution < 1.29 is 27.4 Å². The Balaban J connectivity index is 1.63. The Kier molecular flexibility index (Phi) is 5.41. The molecule has 1 unspecified atom stereocenters. The lowest BCUT2D eigenvalue weighted by Gasteiger charge is -2.33. The van der Waals surface area contributed by atoms with Gasteiger partial charge in [0.15, 0.2) is 6.61 Å². The molecular weight excluding hydrogens is 349 g/mol. The van der Waals surface area contributed by atoms with Crippen molar-refractivity contribution in [3.63, 3.8) is 0 Å². The van der Waals surface area contributed by atoms with Crippen molar-refractivity contribution in [1.82, 2.24) is 9.88 Å². The van der Waals surface area contributed by atoms with Crippen molar-refractivity contribution in [3.8, 4) is 5.88 Å². The van der Waals surface area contributed by atoms with Crippen LogP contribution in [0.25, 0.3) is 0 Å². The monoisotopic (exact) mass is 366 g/mol. The second-order valence-electron chi connectivity index (χ2n) is 5.81. The molecule has 0 N–H and O–H groups in total. The molecule has 26 heavy (non-hydrogen) atoms. The van der Waals surface area contributed by atoms with Gasteiger partial charge in [-0.1, -0.05) is 30.3 Å². The molecule has 138 valence electrons. The molecule has 8 heteroatoms. The van der Waals surface area contributed by atoms with Gasteiger partial charge >= 0.3 is 6.18 Å². The van der Waals surface area contributed by atoms with Gasteiger partial charge in [-0.15, -0.1) is 0 Å². The van der Waals surface area contributed by atoms with Crippen molar-refractivity contribution in [3.05, 3.63) is 59.8 Å². The van der Waals surface area contributed by atoms with Crippen molar-refractivity contribution >= 4 is 5.91 Å². The number of pyridine rings is 1. The summed E-state index contributed by atoms with van der Waals surface area (Å²) in [6.07, 6.45) is -3.42. The number of rotatable bonds is 4. The first kappa shape index (κ1) is 18.2. The number of nitrogens with zero attached hydrogens (tertiary/aromatic N) is 2. The Bertz CT molecular complexity index is 736. The summed E-state index contributed by atoms with van der Waals surface area (Å²) in [5.74, 6) is -0.424. The normalized spacial score (nSPS) is 17.8. The first-order valence-electron chi connectivity index (χ1n) is 8.04. The third-order valence-corrected chi connectivity index (χ3v) is 3.89. The second kappa shape index (κ2) is 7.74. The first-order chi connectivity index (χ1) is 12.4. The Morgan fingerprint density at radius 1 is 1.23 bits per heavy atom. The predicted molar refractivity (Wildman–Crippen MR) is 86.8 cm³/mol. The summed E-state index contributed by atoms with van der Waals surface area (Å²) in [5, 5.41) is 0. The lowest BCUT2D eigenvalue weighted by atomic mass is 10.1. The number of hydrogen-bond donors (Lipinski definition) is 0. The molecule has 0 radical (unpaired) electrons. The number of benzene rings is 1. The fourth-order valence-electron chi connectivity index (χ4n) is 2.63. The molecule has 1 aliphatic heterocycles.